The number of rotatable bonds is 2. The van der Waals surface area contributed by atoms with Crippen LogP contribution in [-0.4, -0.2) is 11.9 Å². The first-order chi connectivity index (χ1) is 6.54. The monoisotopic (exact) mass is 336 g/mol. The Hall–Kier alpha value is -0.380. The molecule has 0 aromatic carbocycles. The van der Waals surface area contributed by atoms with E-state index in [1.165, 1.54) is 11.3 Å². The van der Waals surface area contributed by atoms with Gasteiger partial charge in [0.25, 0.3) is 5.91 Å². The smallest absolute Gasteiger partial charge is 0.254 e. The van der Waals surface area contributed by atoms with Crippen molar-refractivity contribution in [1.82, 2.24) is 5.32 Å². The molecule has 0 aliphatic carbocycles. The largest absolute Gasteiger partial charge is 0.336 e. The van der Waals surface area contributed by atoms with Crippen molar-refractivity contribution < 1.29 is 4.79 Å². The number of amides is 1. The second-order valence-corrected chi connectivity index (χ2v) is 6.31. The minimum absolute atomic E-state index is 0.243. The van der Waals surface area contributed by atoms with Gasteiger partial charge in [-0.3, -0.25) is 4.79 Å². The summed E-state index contributed by atoms with van der Waals surface area (Å²) in [7, 11) is 0. The van der Waals surface area contributed by atoms with Crippen LogP contribution in [0.2, 0.25) is 0 Å². The number of hydrogen-bond acceptors (Lipinski definition) is 3. The highest BCUT2D eigenvalue weighted by Gasteiger charge is 2.14. The topological polar surface area (TPSA) is 52.9 Å². The first-order valence-electron chi connectivity index (χ1n) is 3.70. The van der Waals surface area contributed by atoms with E-state index in [-0.39, 0.29) is 5.91 Å². The van der Waals surface area contributed by atoms with Gasteiger partial charge in [0.15, 0.2) is 0 Å². The van der Waals surface area contributed by atoms with Crippen LogP contribution in [-0.2, 0) is 0 Å². The van der Waals surface area contributed by atoms with Crippen molar-refractivity contribution in [1.29, 1.82) is 5.26 Å². The second kappa shape index (κ2) is 4.91. The van der Waals surface area contributed by atoms with Crippen LogP contribution in [0.15, 0.2) is 13.6 Å². The lowest BCUT2D eigenvalue weighted by Crippen LogP contribution is -2.31. The van der Waals surface area contributed by atoms with Gasteiger partial charge in [-0.25, -0.2) is 0 Å². The van der Waals surface area contributed by atoms with Crippen molar-refractivity contribution in [2.75, 3.05) is 0 Å². The molecule has 0 aliphatic rings. The zero-order valence-electron chi connectivity index (χ0n) is 7.17. The number of thiophene rings is 1. The van der Waals surface area contributed by atoms with Gasteiger partial charge in [-0.1, -0.05) is 0 Å². The molecule has 0 fully saturated rings. The Morgan fingerprint density at radius 2 is 2.36 bits per heavy atom. The average Bonchev–Trinajstić information content (AvgIpc) is 2.45. The molecule has 1 atom stereocenters. The normalized spacial score (nSPS) is 11.9. The van der Waals surface area contributed by atoms with Gasteiger partial charge in [0, 0.05) is 0 Å². The Bertz CT molecular complexity index is 397. The maximum atomic E-state index is 11.5. The summed E-state index contributed by atoms with van der Waals surface area (Å²) in [6, 6.07) is 3.17. The molecule has 0 radical (unpaired) electrons. The number of halogens is 2. The summed E-state index contributed by atoms with van der Waals surface area (Å²) in [5.41, 5.74) is 0.545. The Morgan fingerprint density at radius 3 is 2.79 bits per heavy atom. The predicted octanol–water partition coefficient (Wildman–Crippen LogP) is 2.91. The Morgan fingerprint density at radius 1 is 1.71 bits per heavy atom. The summed E-state index contributed by atoms with van der Waals surface area (Å²) in [6.45, 7) is 1.63. The van der Waals surface area contributed by atoms with Crippen LogP contribution in [0, 0.1) is 11.3 Å². The van der Waals surface area contributed by atoms with Crippen molar-refractivity contribution in [3.63, 3.8) is 0 Å². The number of nitriles is 1. The van der Waals surface area contributed by atoms with Crippen molar-refractivity contribution in [3.8, 4) is 6.07 Å². The molecule has 1 rings (SSSR count). The van der Waals surface area contributed by atoms with E-state index in [9.17, 15) is 4.79 Å². The summed E-state index contributed by atoms with van der Waals surface area (Å²) in [4.78, 5) is 11.5. The van der Waals surface area contributed by atoms with E-state index in [4.69, 9.17) is 5.26 Å². The third kappa shape index (κ3) is 2.80. The molecule has 0 aliphatic heterocycles. The minimum Gasteiger partial charge on any atom is -0.336 e. The van der Waals surface area contributed by atoms with Gasteiger partial charge < -0.3 is 5.32 Å². The molecule has 74 valence electrons. The third-order valence-electron chi connectivity index (χ3n) is 1.44. The summed E-state index contributed by atoms with van der Waals surface area (Å²) in [5.74, 6) is -0.243. The van der Waals surface area contributed by atoms with Gasteiger partial charge in [0.2, 0.25) is 0 Å². The SMILES string of the molecule is CC(C#N)NC(=O)c1cc(Br)sc1Br. The Balaban J connectivity index is 2.80. The lowest BCUT2D eigenvalue weighted by atomic mass is 10.3. The van der Waals surface area contributed by atoms with Crippen molar-refractivity contribution in [2.45, 2.75) is 13.0 Å². The fourth-order valence-corrected chi connectivity index (χ4v) is 3.60. The van der Waals surface area contributed by atoms with Crippen LogP contribution < -0.4 is 5.32 Å². The molecule has 1 heterocycles. The van der Waals surface area contributed by atoms with E-state index < -0.39 is 6.04 Å². The first-order valence-corrected chi connectivity index (χ1v) is 6.10. The zero-order valence-corrected chi connectivity index (χ0v) is 11.2. The highest BCUT2D eigenvalue weighted by molar-refractivity contribution is 9.12. The van der Waals surface area contributed by atoms with Gasteiger partial charge in [0.1, 0.15) is 6.04 Å². The highest BCUT2D eigenvalue weighted by atomic mass is 79.9. The molecule has 1 aromatic rings. The van der Waals surface area contributed by atoms with E-state index >= 15 is 0 Å². The molecule has 1 aromatic heterocycles. The first kappa shape index (κ1) is 11.7. The number of hydrogen-bond donors (Lipinski definition) is 1. The van der Waals surface area contributed by atoms with Crippen molar-refractivity contribution in [3.05, 3.63) is 19.2 Å². The average molecular weight is 338 g/mol. The van der Waals surface area contributed by atoms with E-state index in [1.807, 2.05) is 6.07 Å². The van der Waals surface area contributed by atoms with Crippen molar-refractivity contribution >= 4 is 49.1 Å². The molecule has 0 spiro atoms. The number of nitrogens with zero attached hydrogens (tertiary/aromatic N) is 1. The second-order valence-electron chi connectivity index (χ2n) is 2.56. The lowest BCUT2D eigenvalue weighted by molar-refractivity contribution is 0.0947. The molecule has 0 bridgehead atoms. The molecule has 0 saturated carbocycles. The van der Waals surface area contributed by atoms with Gasteiger partial charge >= 0.3 is 0 Å². The molecular formula is C8H6Br2N2OS. The van der Waals surface area contributed by atoms with Gasteiger partial charge in [-0.2, -0.15) is 5.26 Å². The van der Waals surface area contributed by atoms with Crippen LogP contribution in [0.5, 0.6) is 0 Å². The predicted molar refractivity (Wildman–Crippen MR) is 62.3 cm³/mol. The van der Waals surface area contributed by atoms with Crippen LogP contribution >= 0.6 is 43.2 Å². The van der Waals surface area contributed by atoms with Gasteiger partial charge in [-0.15, -0.1) is 11.3 Å². The lowest BCUT2D eigenvalue weighted by Gasteiger charge is -2.04. The zero-order chi connectivity index (χ0) is 10.7. The van der Waals surface area contributed by atoms with E-state index in [0.29, 0.717) is 5.56 Å². The maximum Gasteiger partial charge on any atom is 0.254 e. The van der Waals surface area contributed by atoms with Gasteiger partial charge in [-0.05, 0) is 44.8 Å². The Labute approximate surface area is 102 Å². The van der Waals surface area contributed by atoms with Crippen molar-refractivity contribution in [2.24, 2.45) is 0 Å². The molecule has 14 heavy (non-hydrogen) atoms. The quantitative estimate of drug-likeness (QED) is 0.902. The minimum atomic E-state index is -0.479. The third-order valence-corrected chi connectivity index (χ3v) is 3.78. The van der Waals surface area contributed by atoms with Gasteiger partial charge in [0.05, 0.1) is 19.2 Å². The van der Waals surface area contributed by atoms with E-state index in [2.05, 4.69) is 37.2 Å². The van der Waals surface area contributed by atoms with E-state index in [1.54, 1.807) is 13.0 Å². The standard InChI is InChI=1S/C8H6Br2N2OS/c1-4(3-11)12-8(13)5-2-6(9)14-7(5)10/h2,4H,1H3,(H,12,13). The number of nitrogens with one attached hydrogen (secondary N) is 1. The number of carbonyl (C=O) groups is 1. The summed E-state index contributed by atoms with van der Waals surface area (Å²) < 4.78 is 1.63. The van der Waals surface area contributed by atoms with Crippen LogP contribution in [0.1, 0.15) is 17.3 Å². The maximum absolute atomic E-state index is 11.5. The molecule has 0 saturated heterocycles. The summed E-state index contributed by atoms with van der Waals surface area (Å²) in [5, 5.41) is 11.1. The summed E-state index contributed by atoms with van der Waals surface area (Å²) in [6.07, 6.45) is 0. The summed E-state index contributed by atoms with van der Waals surface area (Å²) >= 11 is 7.97. The number of carbonyl (C=O) groups excluding carboxylic acids is 1. The highest BCUT2D eigenvalue weighted by Crippen LogP contribution is 2.31. The molecule has 6 heteroatoms. The molecule has 1 N–H and O–H groups in total. The van der Waals surface area contributed by atoms with Crippen LogP contribution in [0.25, 0.3) is 0 Å². The molecular weight excluding hydrogens is 332 g/mol. The van der Waals surface area contributed by atoms with Crippen LogP contribution in [0.3, 0.4) is 0 Å². The van der Waals surface area contributed by atoms with Crippen LogP contribution in [0.4, 0.5) is 0 Å². The molecule has 1 unspecified atom stereocenters. The molecule has 1 amide bonds. The fourth-order valence-electron chi connectivity index (χ4n) is 0.802. The molecule has 3 nitrogen and oxygen atoms in total. The van der Waals surface area contributed by atoms with E-state index in [0.717, 1.165) is 7.57 Å². The fraction of sp³-hybridized carbons (Fsp3) is 0.250. The Kier molecular flexibility index (Phi) is 4.11.